The number of nitrogens with zero attached hydrogens (tertiary/aromatic N) is 4. The van der Waals surface area contributed by atoms with Gasteiger partial charge in [0.2, 0.25) is 0 Å². The Bertz CT molecular complexity index is 805. The lowest BCUT2D eigenvalue weighted by Gasteiger charge is -2.22. The van der Waals surface area contributed by atoms with E-state index in [4.69, 9.17) is 10.7 Å². The summed E-state index contributed by atoms with van der Waals surface area (Å²) in [6.45, 7) is 0. The van der Waals surface area contributed by atoms with Crippen LogP contribution in [0.2, 0.25) is 0 Å². The molecule has 1 aliphatic rings. The van der Waals surface area contributed by atoms with E-state index in [9.17, 15) is 0 Å². The Balaban J connectivity index is 1.90. The molecular formula is C15H16BrN5S. The number of hydrogen-bond acceptors (Lipinski definition) is 5. The fourth-order valence-corrected chi connectivity index (χ4v) is 4.32. The second kappa shape index (κ2) is 5.62. The summed E-state index contributed by atoms with van der Waals surface area (Å²) in [4.78, 5) is 9.29. The van der Waals surface area contributed by atoms with E-state index in [1.165, 1.54) is 32.1 Å². The molecule has 3 aromatic rings. The van der Waals surface area contributed by atoms with Crippen molar-refractivity contribution in [3.63, 3.8) is 0 Å². The Morgan fingerprint density at radius 3 is 2.82 bits per heavy atom. The predicted octanol–water partition coefficient (Wildman–Crippen LogP) is 4.25. The van der Waals surface area contributed by atoms with Crippen molar-refractivity contribution in [2.24, 2.45) is 0 Å². The van der Waals surface area contributed by atoms with Crippen molar-refractivity contribution in [2.45, 2.75) is 38.0 Å². The second-order valence-corrected chi connectivity index (χ2v) is 7.21. The number of nitrogens with two attached hydrogens (primary N) is 1. The van der Waals surface area contributed by atoms with E-state index >= 15 is 0 Å². The van der Waals surface area contributed by atoms with Gasteiger partial charge in [-0.15, -0.1) is 11.3 Å². The van der Waals surface area contributed by atoms with Gasteiger partial charge in [0.05, 0.1) is 33.1 Å². The lowest BCUT2D eigenvalue weighted by Crippen LogP contribution is -2.11. The average Bonchev–Trinajstić information content (AvgIpc) is 3.20. The van der Waals surface area contributed by atoms with Crippen LogP contribution in [0.5, 0.6) is 0 Å². The van der Waals surface area contributed by atoms with E-state index in [0.717, 1.165) is 27.1 Å². The van der Waals surface area contributed by atoms with Gasteiger partial charge in [-0.1, -0.05) is 19.3 Å². The maximum absolute atomic E-state index is 6.29. The molecule has 0 aromatic carbocycles. The van der Waals surface area contributed by atoms with Crippen LogP contribution in [0.3, 0.4) is 0 Å². The smallest absolute Gasteiger partial charge is 0.167 e. The molecule has 22 heavy (non-hydrogen) atoms. The summed E-state index contributed by atoms with van der Waals surface area (Å²) in [6, 6.07) is 0. The average molecular weight is 378 g/mol. The van der Waals surface area contributed by atoms with Gasteiger partial charge in [-0.05, 0) is 28.8 Å². The van der Waals surface area contributed by atoms with Crippen LogP contribution in [-0.2, 0) is 0 Å². The van der Waals surface area contributed by atoms with Gasteiger partial charge in [-0.2, -0.15) is 9.61 Å². The number of halogens is 1. The van der Waals surface area contributed by atoms with E-state index < -0.39 is 0 Å². The van der Waals surface area contributed by atoms with Gasteiger partial charge in [0.25, 0.3) is 0 Å². The topological polar surface area (TPSA) is 69.1 Å². The molecule has 0 unspecified atom stereocenters. The van der Waals surface area contributed by atoms with Gasteiger partial charge in [-0.25, -0.2) is 9.97 Å². The van der Waals surface area contributed by atoms with Crippen LogP contribution in [0, 0.1) is 0 Å². The normalized spacial score (nSPS) is 16.4. The van der Waals surface area contributed by atoms with Crippen molar-refractivity contribution in [2.75, 3.05) is 5.73 Å². The summed E-state index contributed by atoms with van der Waals surface area (Å²) >= 11 is 5.20. The molecule has 0 atom stereocenters. The van der Waals surface area contributed by atoms with Gasteiger partial charge in [0.1, 0.15) is 5.82 Å². The number of nitrogen functional groups attached to an aromatic ring is 1. The van der Waals surface area contributed by atoms with E-state index in [1.54, 1.807) is 22.0 Å². The quantitative estimate of drug-likeness (QED) is 0.724. The molecule has 0 saturated heterocycles. The second-order valence-electron chi connectivity index (χ2n) is 5.70. The number of rotatable bonds is 2. The first-order valence-corrected chi connectivity index (χ1v) is 9.20. The zero-order chi connectivity index (χ0) is 15.1. The van der Waals surface area contributed by atoms with Crippen LogP contribution in [-0.4, -0.2) is 19.6 Å². The third-order valence-corrected chi connectivity index (χ3v) is 5.75. The van der Waals surface area contributed by atoms with Crippen LogP contribution in [0.25, 0.3) is 16.9 Å². The van der Waals surface area contributed by atoms with Gasteiger partial charge in [0, 0.05) is 11.3 Å². The Morgan fingerprint density at radius 2 is 2.09 bits per heavy atom. The monoisotopic (exact) mass is 377 g/mol. The van der Waals surface area contributed by atoms with E-state index in [0.29, 0.717) is 11.7 Å². The van der Waals surface area contributed by atoms with Crippen LogP contribution in [0.4, 0.5) is 5.82 Å². The van der Waals surface area contributed by atoms with Crippen molar-refractivity contribution in [3.8, 4) is 11.3 Å². The summed E-state index contributed by atoms with van der Waals surface area (Å²) < 4.78 is 2.59. The molecule has 7 heteroatoms. The zero-order valence-electron chi connectivity index (χ0n) is 12.0. The van der Waals surface area contributed by atoms with Crippen molar-refractivity contribution >= 4 is 38.7 Å². The molecule has 114 valence electrons. The minimum atomic E-state index is 0.480. The summed E-state index contributed by atoms with van der Waals surface area (Å²) in [5.74, 6) is 1.10. The molecule has 2 N–H and O–H groups in total. The highest BCUT2D eigenvalue weighted by molar-refractivity contribution is 9.10. The van der Waals surface area contributed by atoms with Crippen molar-refractivity contribution in [1.82, 2.24) is 19.6 Å². The largest absolute Gasteiger partial charge is 0.383 e. The van der Waals surface area contributed by atoms with Gasteiger partial charge >= 0.3 is 0 Å². The highest BCUT2D eigenvalue weighted by atomic mass is 79.9. The third-order valence-electron chi connectivity index (χ3n) is 4.35. The van der Waals surface area contributed by atoms with Gasteiger partial charge in [-0.3, -0.25) is 0 Å². The summed E-state index contributed by atoms with van der Waals surface area (Å²) in [7, 11) is 0. The molecule has 0 radical (unpaired) electrons. The summed E-state index contributed by atoms with van der Waals surface area (Å²) in [5, 5.41) is 6.40. The van der Waals surface area contributed by atoms with Crippen LogP contribution >= 0.6 is 27.3 Å². The Morgan fingerprint density at radius 1 is 1.27 bits per heavy atom. The van der Waals surface area contributed by atoms with E-state index in [-0.39, 0.29) is 0 Å². The first kappa shape index (κ1) is 14.1. The Kier molecular flexibility index (Phi) is 3.62. The number of anilines is 1. The van der Waals surface area contributed by atoms with Crippen LogP contribution < -0.4 is 5.73 Å². The molecule has 3 aromatic heterocycles. The number of hydrogen-bond donors (Lipinski definition) is 1. The molecule has 1 fully saturated rings. The molecule has 4 rings (SSSR count). The number of aromatic nitrogens is 4. The molecular weight excluding hydrogens is 362 g/mol. The molecule has 0 spiro atoms. The van der Waals surface area contributed by atoms with Crippen LogP contribution in [0.15, 0.2) is 21.6 Å². The Hall–Kier alpha value is -1.47. The summed E-state index contributed by atoms with van der Waals surface area (Å²) in [5.41, 5.74) is 11.8. The fraction of sp³-hybridized carbons (Fsp3) is 0.400. The SMILES string of the molecule is Nc1c(Br)c(C2CCCCC2)nc2c(-c3cscn3)cnn12. The highest BCUT2D eigenvalue weighted by Gasteiger charge is 2.24. The number of fused-ring (bicyclic) bond motifs is 1. The minimum Gasteiger partial charge on any atom is -0.383 e. The lowest BCUT2D eigenvalue weighted by atomic mass is 9.87. The van der Waals surface area contributed by atoms with Crippen molar-refractivity contribution < 1.29 is 0 Å². The Labute approximate surface area is 140 Å². The summed E-state index contributed by atoms with van der Waals surface area (Å²) in [6.07, 6.45) is 8.01. The standard InChI is InChI=1S/C15H16BrN5S/c16-12-13(9-4-2-1-3-5-9)20-15-10(11-7-22-8-18-11)6-19-21(15)14(12)17/h6-9H,1-5,17H2. The molecule has 0 bridgehead atoms. The maximum atomic E-state index is 6.29. The van der Waals surface area contributed by atoms with E-state index in [2.05, 4.69) is 26.0 Å². The molecule has 5 nitrogen and oxygen atoms in total. The molecule has 0 amide bonds. The molecule has 3 heterocycles. The zero-order valence-corrected chi connectivity index (χ0v) is 14.4. The molecule has 1 saturated carbocycles. The van der Waals surface area contributed by atoms with Gasteiger partial charge in [0.15, 0.2) is 5.65 Å². The number of thiazole rings is 1. The maximum Gasteiger partial charge on any atom is 0.167 e. The highest BCUT2D eigenvalue weighted by Crippen LogP contribution is 2.38. The third kappa shape index (κ3) is 2.23. The predicted molar refractivity (Wildman–Crippen MR) is 92.0 cm³/mol. The minimum absolute atomic E-state index is 0.480. The molecule has 1 aliphatic carbocycles. The van der Waals surface area contributed by atoms with Crippen LogP contribution in [0.1, 0.15) is 43.7 Å². The van der Waals surface area contributed by atoms with Crippen molar-refractivity contribution in [3.05, 3.63) is 27.3 Å². The molecule has 0 aliphatic heterocycles. The van der Waals surface area contributed by atoms with E-state index in [1.807, 2.05) is 10.9 Å². The fourth-order valence-electron chi connectivity index (χ4n) is 3.19. The first-order chi connectivity index (χ1) is 10.8. The lowest BCUT2D eigenvalue weighted by molar-refractivity contribution is 0.435. The van der Waals surface area contributed by atoms with Gasteiger partial charge < -0.3 is 5.73 Å². The first-order valence-electron chi connectivity index (χ1n) is 7.47. The van der Waals surface area contributed by atoms with Crippen molar-refractivity contribution in [1.29, 1.82) is 0 Å².